The molecule has 76 valence electrons. The van der Waals surface area contributed by atoms with Crippen molar-refractivity contribution in [3.05, 3.63) is 0 Å². The molecule has 5 nitrogen and oxygen atoms in total. The molecule has 1 unspecified atom stereocenters. The van der Waals surface area contributed by atoms with Gasteiger partial charge in [0.15, 0.2) is 0 Å². The Morgan fingerprint density at radius 1 is 1.86 bits per heavy atom. The summed E-state index contributed by atoms with van der Waals surface area (Å²) in [6.07, 6.45) is 0. The number of aliphatic imine (C=N–C) groups is 1. The standard InChI is InChI=1S/C9H13N3O2/c1-3-14-9(13)7(6-10)8-11-4-5-12(8)2/h7H,3-5H2,1-2H3. The molecule has 1 atom stereocenters. The number of hydrogen-bond donors (Lipinski definition) is 0. The Morgan fingerprint density at radius 2 is 2.57 bits per heavy atom. The minimum absolute atomic E-state index is 0.286. The van der Waals surface area contributed by atoms with Gasteiger partial charge in [0, 0.05) is 13.6 Å². The number of carbonyl (C=O) groups excluding carboxylic acids is 1. The maximum atomic E-state index is 11.4. The molecule has 0 aromatic heterocycles. The van der Waals surface area contributed by atoms with Gasteiger partial charge in [0.25, 0.3) is 0 Å². The molecular weight excluding hydrogens is 182 g/mol. The minimum Gasteiger partial charge on any atom is -0.465 e. The normalized spacial score (nSPS) is 17.2. The highest BCUT2D eigenvalue weighted by molar-refractivity contribution is 6.04. The third kappa shape index (κ3) is 2.02. The van der Waals surface area contributed by atoms with Crippen LogP contribution in [0.3, 0.4) is 0 Å². The van der Waals surface area contributed by atoms with E-state index in [9.17, 15) is 4.79 Å². The SMILES string of the molecule is CCOC(=O)C(C#N)C1=NCCN1C. The summed E-state index contributed by atoms with van der Waals surface area (Å²) in [6.45, 7) is 3.40. The van der Waals surface area contributed by atoms with Gasteiger partial charge < -0.3 is 9.64 Å². The minimum atomic E-state index is -0.873. The molecule has 0 aromatic rings. The predicted octanol–water partition coefficient (Wildman–Crippen LogP) is 0.0332. The van der Waals surface area contributed by atoms with Crippen molar-refractivity contribution in [3.8, 4) is 6.07 Å². The zero-order valence-electron chi connectivity index (χ0n) is 8.36. The average Bonchev–Trinajstić information content (AvgIpc) is 2.54. The van der Waals surface area contributed by atoms with Crippen molar-refractivity contribution in [2.45, 2.75) is 6.92 Å². The van der Waals surface area contributed by atoms with Gasteiger partial charge in [0.1, 0.15) is 5.84 Å². The summed E-state index contributed by atoms with van der Waals surface area (Å²) >= 11 is 0. The summed E-state index contributed by atoms with van der Waals surface area (Å²) < 4.78 is 4.79. The molecule has 0 radical (unpaired) electrons. The van der Waals surface area contributed by atoms with Crippen molar-refractivity contribution < 1.29 is 9.53 Å². The van der Waals surface area contributed by atoms with E-state index < -0.39 is 11.9 Å². The van der Waals surface area contributed by atoms with Crippen molar-refractivity contribution in [2.75, 3.05) is 26.7 Å². The van der Waals surface area contributed by atoms with E-state index in [4.69, 9.17) is 10.00 Å². The smallest absolute Gasteiger partial charge is 0.331 e. The van der Waals surface area contributed by atoms with Crippen LogP contribution in [-0.2, 0) is 9.53 Å². The molecule has 0 N–H and O–H groups in total. The zero-order chi connectivity index (χ0) is 10.6. The predicted molar refractivity (Wildman–Crippen MR) is 50.7 cm³/mol. The third-order valence-electron chi connectivity index (χ3n) is 2.01. The third-order valence-corrected chi connectivity index (χ3v) is 2.01. The number of rotatable bonds is 3. The quantitative estimate of drug-likeness (QED) is 0.596. The Balaban J connectivity index is 2.72. The summed E-state index contributed by atoms with van der Waals surface area (Å²) in [5.74, 6) is -0.865. The summed E-state index contributed by atoms with van der Waals surface area (Å²) in [6, 6.07) is 1.91. The topological polar surface area (TPSA) is 65.7 Å². The van der Waals surface area contributed by atoms with E-state index in [1.54, 1.807) is 6.92 Å². The molecule has 0 amide bonds. The second-order valence-electron chi connectivity index (χ2n) is 2.98. The lowest BCUT2D eigenvalue weighted by Crippen LogP contribution is -2.34. The van der Waals surface area contributed by atoms with Gasteiger partial charge in [0.2, 0.25) is 5.92 Å². The number of amidine groups is 1. The maximum Gasteiger partial charge on any atom is 0.331 e. The first-order valence-corrected chi connectivity index (χ1v) is 4.52. The molecule has 5 heteroatoms. The summed E-state index contributed by atoms with van der Waals surface area (Å²) in [5.41, 5.74) is 0. The number of esters is 1. The molecule has 0 saturated heterocycles. The fraction of sp³-hybridized carbons (Fsp3) is 0.667. The van der Waals surface area contributed by atoms with Crippen LogP contribution in [0.4, 0.5) is 0 Å². The molecule has 0 bridgehead atoms. The first kappa shape index (κ1) is 10.5. The van der Waals surface area contributed by atoms with E-state index in [-0.39, 0.29) is 6.61 Å². The van der Waals surface area contributed by atoms with Crippen LogP contribution in [0.15, 0.2) is 4.99 Å². The molecule has 1 aliphatic heterocycles. The first-order valence-electron chi connectivity index (χ1n) is 4.52. The van der Waals surface area contributed by atoms with E-state index in [0.717, 1.165) is 6.54 Å². The number of nitrogens with zero attached hydrogens (tertiary/aromatic N) is 3. The van der Waals surface area contributed by atoms with E-state index in [2.05, 4.69) is 4.99 Å². The van der Waals surface area contributed by atoms with Gasteiger partial charge in [-0.3, -0.25) is 9.79 Å². The fourth-order valence-electron chi connectivity index (χ4n) is 1.30. The number of nitriles is 1. The Morgan fingerprint density at radius 3 is 3.00 bits per heavy atom. The van der Waals surface area contributed by atoms with Gasteiger partial charge in [-0.1, -0.05) is 0 Å². The molecule has 1 heterocycles. The number of ether oxygens (including phenoxy) is 1. The van der Waals surface area contributed by atoms with Crippen molar-refractivity contribution in [3.63, 3.8) is 0 Å². The lowest BCUT2D eigenvalue weighted by molar-refractivity contribution is -0.144. The van der Waals surface area contributed by atoms with Crippen LogP contribution in [0.2, 0.25) is 0 Å². The van der Waals surface area contributed by atoms with Crippen LogP contribution in [0, 0.1) is 17.2 Å². The average molecular weight is 195 g/mol. The molecule has 1 rings (SSSR count). The van der Waals surface area contributed by atoms with Crippen molar-refractivity contribution in [1.29, 1.82) is 5.26 Å². The summed E-state index contributed by atoms with van der Waals surface area (Å²) in [4.78, 5) is 17.3. The summed E-state index contributed by atoms with van der Waals surface area (Å²) in [7, 11) is 1.81. The molecule has 0 spiro atoms. The van der Waals surface area contributed by atoms with Gasteiger partial charge in [-0.2, -0.15) is 5.26 Å². The molecule has 0 fully saturated rings. The molecule has 0 aromatic carbocycles. The maximum absolute atomic E-state index is 11.4. The Hall–Kier alpha value is -1.57. The highest BCUT2D eigenvalue weighted by Crippen LogP contribution is 2.10. The second-order valence-corrected chi connectivity index (χ2v) is 2.98. The van der Waals surface area contributed by atoms with Gasteiger partial charge in [0.05, 0.1) is 19.2 Å². The lowest BCUT2D eigenvalue weighted by atomic mass is 10.1. The first-order chi connectivity index (χ1) is 6.70. The van der Waals surface area contributed by atoms with Crippen LogP contribution in [0.5, 0.6) is 0 Å². The van der Waals surface area contributed by atoms with Crippen LogP contribution in [0.25, 0.3) is 0 Å². The van der Waals surface area contributed by atoms with Crippen LogP contribution in [0.1, 0.15) is 6.92 Å². The molecule has 0 saturated carbocycles. The fourth-order valence-corrected chi connectivity index (χ4v) is 1.30. The molecule has 14 heavy (non-hydrogen) atoms. The van der Waals surface area contributed by atoms with Crippen molar-refractivity contribution >= 4 is 11.8 Å². The Bertz CT molecular complexity index is 293. The van der Waals surface area contributed by atoms with Crippen LogP contribution in [-0.4, -0.2) is 43.4 Å². The highest BCUT2D eigenvalue weighted by atomic mass is 16.5. The number of carbonyl (C=O) groups is 1. The summed E-state index contributed by atoms with van der Waals surface area (Å²) in [5, 5.41) is 8.84. The molecule has 1 aliphatic rings. The largest absolute Gasteiger partial charge is 0.465 e. The number of hydrogen-bond acceptors (Lipinski definition) is 5. The van der Waals surface area contributed by atoms with Crippen molar-refractivity contribution in [1.82, 2.24) is 4.90 Å². The van der Waals surface area contributed by atoms with Gasteiger partial charge in [-0.05, 0) is 6.92 Å². The Labute approximate surface area is 83.0 Å². The van der Waals surface area contributed by atoms with E-state index >= 15 is 0 Å². The van der Waals surface area contributed by atoms with E-state index in [1.165, 1.54) is 0 Å². The molecule has 0 aliphatic carbocycles. The Kier molecular flexibility index (Phi) is 3.46. The van der Waals surface area contributed by atoms with Gasteiger partial charge in [-0.25, -0.2) is 0 Å². The van der Waals surface area contributed by atoms with Gasteiger partial charge in [-0.15, -0.1) is 0 Å². The number of likely N-dealkylation sites (N-methyl/N-ethyl adjacent to an activating group) is 1. The van der Waals surface area contributed by atoms with Crippen LogP contribution < -0.4 is 0 Å². The second kappa shape index (κ2) is 4.61. The zero-order valence-corrected chi connectivity index (χ0v) is 8.36. The lowest BCUT2D eigenvalue weighted by Gasteiger charge is -2.16. The van der Waals surface area contributed by atoms with Gasteiger partial charge >= 0.3 is 5.97 Å². The van der Waals surface area contributed by atoms with Crippen molar-refractivity contribution in [2.24, 2.45) is 10.9 Å². The van der Waals surface area contributed by atoms with E-state index in [1.807, 2.05) is 18.0 Å². The molecular formula is C9H13N3O2. The highest BCUT2D eigenvalue weighted by Gasteiger charge is 2.30. The van der Waals surface area contributed by atoms with Crippen LogP contribution >= 0.6 is 0 Å². The monoisotopic (exact) mass is 195 g/mol. The van der Waals surface area contributed by atoms with E-state index in [0.29, 0.717) is 12.4 Å².